The van der Waals surface area contributed by atoms with Crippen molar-refractivity contribution in [1.82, 2.24) is 10.1 Å². The Morgan fingerprint density at radius 3 is 2.06 bits per heavy atom. The molecule has 0 saturated heterocycles. The van der Waals surface area contributed by atoms with E-state index in [1.807, 2.05) is 20.8 Å². The molecule has 34 heavy (non-hydrogen) atoms. The van der Waals surface area contributed by atoms with Gasteiger partial charge in [0.2, 0.25) is 5.89 Å². The van der Waals surface area contributed by atoms with Gasteiger partial charge in [0.25, 0.3) is 0 Å². The van der Waals surface area contributed by atoms with Gasteiger partial charge < -0.3 is 23.0 Å². The Morgan fingerprint density at radius 2 is 1.50 bits per heavy atom. The van der Waals surface area contributed by atoms with Crippen LogP contribution in [0.5, 0.6) is 0 Å². The molecule has 0 bridgehead atoms. The molecule has 1 aromatic rings. The van der Waals surface area contributed by atoms with Crippen LogP contribution in [0.25, 0.3) is 0 Å². The minimum Gasteiger partial charge on any atom is -0.354 e. The Bertz CT molecular complexity index is 667. The van der Waals surface area contributed by atoms with Crippen molar-refractivity contribution in [1.29, 1.82) is 0 Å². The number of hydrogen-bond acceptors (Lipinski definition) is 8. The molecule has 8 nitrogen and oxygen atoms in total. The third kappa shape index (κ3) is 13.9. The van der Waals surface area contributed by atoms with Crippen LogP contribution in [0.2, 0.25) is 0 Å². The molecule has 1 aromatic heterocycles. The Balaban J connectivity index is 2.56. The lowest BCUT2D eigenvalue weighted by atomic mass is 10.1. The predicted octanol–water partition coefficient (Wildman–Crippen LogP) is 7.11. The van der Waals surface area contributed by atoms with E-state index in [-0.39, 0.29) is 38.6 Å². The summed E-state index contributed by atoms with van der Waals surface area (Å²) in [7, 11) is -3.42. The van der Waals surface area contributed by atoms with Crippen LogP contribution in [0.4, 0.5) is 0 Å². The van der Waals surface area contributed by atoms with Crippen LogP contribution < -0.4 is 0 Å². The van der Waals surface area contributed by atoms with Gasteiger partial charge in [-0.15, -0.1) is 0 Å². The van der Waals surface area contributed by atoms with E-state index in [4.69, 9.17) is 23.0 Å². The Hall–Kier alpha value is -0.790. The van der Waals surface area contributed by atoms with Gasteiger partial charge in [0.05, 0.1) is 31.1 Å². The normalized spacial score (nSPS) is 13.5. The van der Waals surface area contributed by atoms with E-state index in [9.17, 15) is 4.57 Å². The highest BCUT2D eigenvalue weighted by molar-refractivity contribution is 7.54. The summed E-state index contributed by atoms with van der Waals surface area (Å²) in [6, 6.07) is 0. The molecule has 1 unspecified atom stereocenters. The number of aromatic nitrogens is 2. The fourth-order valence-corrected chi connectivity index (χ4v) is 5.43. The van der Waals surface area contributed by atoms with Crippen molar-refractivity contribution in [3.63, 3.8) is 0 Å². The lowest BCUT2D eigenvalue weighted by molar-refractivity contribution is -0.120. The zero-order chi connectivity index (χ0) is 25.3. The lowest BCUT2D eigenvalue weighted by Gasteiger charge is -2.26. The van der Waals surface area contributed by atoms with Crippen molar-refractivity contribution >= 4 is 7.60 Å². The fourth-order valence-electron chi connectivity index (χ4n) is 3.54. The number of unbranched alkanes of at least 4 members (excludes halogenated alkanes) is 8. The highest BCUT2D eigenvalue weighted by Crippen LogP contribution is 2.54. The standard InChI is InChI=1S/C25H49N2O6P/c1-7-10-11-12-13-14-15-16-17-18-23-26-24(33-27-23)19-22(20-29-21-30-25(4,5)6)34(28,31-8-2)32-9-3/h22H,7-21H2,1-6H3. The second kappa shape index (κ2) is 17.6. The van der Waals surface area contributed by atoms with E-state index in [0.29, 0.717) is 11.7 Å². The highest BCUT2D eigenvalue weighted by Gasteiger charge is 2.37. The molecule has 200 valence electrons. The molecule has 1 atom stereocenters. The lowest BCUT2D eigenvalue weighted by Crippen LogP contribution is -2.26. The maximum atomic E-state index is 13.4. The molecular formula is C25H49N2O6P. The van der Waals surface area contributed by atoms with Crippen LogP contribution in [-0.4, -0.2) is 48.0 Å². The average Bonchev–Trinajstić information content (AvgIpc) is 3.21. The number of rotatable bonds is 21. The average molecular weight is 505 g/mol. The Morgan fingerprint density at radius 1 is 0.912 bits per heavy atom. The van der Waals surface area contributed by atoms with Crippen LogP contribution >= 0.6 is 7.60 Å². The number of nitrogens with zero attached hydrogens (tertiary/aromatic N) is 2. The summed E-state index contributed by atoms with van der Waals surface area (Å²) < 4.78 is 41.3. The first kappa shape index (κ1) is 31.2. The minimum absolute atomic E-state index is 0.0892. The number of aryl methyl sites for hydroxylation is 1. The van der Waals surface area contributed by atoms with Crippen molar-refractivity contribution < 1.29 is 27.6 Å². The topological polar surface area (TPSA) is 92.9 Å². The Kier molecular flexibility index (Phi) is 16.2. The summed E-state index contributed by atoms with van der Waals surface area (Å²) in [6.45, 7) is 12.5. The van der Waals surface area contributed by atoms with Crippen LogP contribution in [0.3, 0.4) is 0 Å². The molecule has 0 N–H and O–H groups in total. The first-order valence-corrected chi connectivity index (χ1v) is 14.8. The SMILES string of the molecule is CCCCCCCCCCCc1noc(CC(COCOC(C)(C)C)P(=O)(OCC)OCC)n1. The van der Waals surface area contributed by atoms with Crippen molar-refractivity contribution in [2.45, 2.75) is 123 Å². The second-order valence-electron chi connectivity index (χ2n) is 9.66. The monoisotopic (exact) mass is 504 g/mol. The summed E-state index contributed by atoms with van der Waals surface area (Å²) in [6.07, 6.45) is 12.5. The third-order valence-electron chi connectivity index (χ3n) is 5.38. The molecule has 0 saturated carbocycles. The van der Waals surface area contributed by atoms with Gasteiger partial charge in [-0.25, -0.2) is 0 Å². The van der Waals surface area contributed by atoms with Crippen molar-refractivity contribution in [2.75, 3.05) is 26.6 Å². The van der Waals surface area contributed by atoms with Crippen LogP contribution in [0.15, 0.2) is 4.52 Å². The summed E-state index contributed by atoms with van der Waals surface area (Å²) in [5.74, 6) is 1.12. The van der Waals surface area contributed by atoms with Crippen LogP contribution in [0, 0.1) is 0 Å². The first-order chi connectivity index (χ1) is 16.2. The summed E-state index contributed by atoms with van der Waals surface area (Å²) in [4.78, 5) is 4.52. The molecule has 0 aliphatic carbocycles. The molecule has 0 fully saturated rings. The summed E-state index contributed by atoms with van der Waals surface area (Å²) in [5, 5.41) is 4.12. The molecule has 0 amide bonds. The van der Waals surface area contributed by atoms with E-state index in [0.717, 1.165) is 12.8 Å². The summed E-state index contributed by atoms with van der Waals surface area (Å²) >= 11 is 0. The van der Waals surface area contributed by atoms with Gasteiger partial charge in [-0.1, -0.05) is 63.4 Å². The van der Waals surface area contributed by atoms with Gasteiger partial charge in [0.15, 0.2) is 5.82 Å². The van der Waals surface area contributed by atoms with Crippen molar-refractivity contribution in [3.8, 4) is 0 Å². The van der Waals surface area contributed by atoms with Gasteiger partial charge in [-0.2, -0.15) is 4.98 Å². The van der Waals surface area contributed by atoms with Gasteiger partial charge in [-0.3, -0.25) is 4.57 Å². The molecule has 0 spiro atoms. The highest BCUT2D eigenvalue weighted by atomic mass is 31.2. The van der Waals surface area contributed by atoms with E-state index in [1.54, 1.807) is 13.8 Å². The van der Waals surface area contributed by atoms with E-state index in [2.05, 4.69) is 17.1 Å². The fraction of sp³-hybridized carbons (Fsp3) is 0.920. The predicted molar refractivity (Wildman–Crippen MR) is 135 cm³/mol. The van der Waals surface area contributed by atoms with Gasteiger partial charge >= 0.3 is 7.60 Å². The first-order valence-electron chi connectivity index (χ1n) is 13.2. The molecule has 0 aromatic carbocycles. The number of ether oxygens (including phenoxy) is 2. The van der Waals surface area contributed by atoms with Gasteiger partial charge in [-0.05, 0) is 41.0 Å². The number of hydrogen-bond donors (Lipinski definition) is 0. The van der Waals surface area contributed by atoms with Crippen molar-refractivity contribution in [2.24, 2.45) is 0 Å². The zero-order valence-corrected chi connectivity index (χ0v) is 23.4. The van der Waals surface area contributed by atoms with Gasteiger partial charge in [0, 0.05) is 12.8 Å². The maximum Gasteiger partial charge on any atom is 0.336 e. The molecule has 0 radical (unpaired) electrons. The van der Waals surface area contributed by atoms with E-state index >= 15 is 0 Å². The van der Waals surface area contributed by atoms with Crippen molar-refractivity contribution in [3.05, 3.63) is 11.7 Å². The van der Waals surface area contributed by atoms with E-state index < -0.39 is 13.3 Å². The largest absolute Gasteiger partial charge is 0.354 e. The molecule has 0 aliphatic rings. The molecule has 9 heteroatoms. The second-order valence-corrected chi connectivity index (χ2v) is 12.0. The van der Waals surface area contributed by atoms with Crippen LogP contribution in [-0.2, 0) is 35.9 Å². The maximum absolute atomic E-state index is 13.4. The Labute approximate surface area is 207 Å². The minimum atomic E-state index is -3.42. The molecule has 1 rings (SSSR count). The van der Waals surface area contributed by atoms with Gasteiger partial charge in [0.1, 0.15) is 6.79 Å². The molecule has 1 heterocycles. The van der Waals surface area contributed by atoms with E-state index in [1.165, 1.54) is 51.4 Å². The molecular weight excluding hydrogens is 455 g/mol. The zero-order valence-electron chi connectivity index (χ0n) is 22.5. The quantitative estimate of drug-likeness (QED) is 0.0993. The molecule has 0 aliphatic heterocycles. The summed E-state index contributed by atoms with van der Waals surface area (Å²) in [5.41, 5.74) is -0.882. The third-order valence-corrected chi connectivity index (χ3v) is 7.84. The van der Waals surface area contributed by atoms with Crippen LogP contribution in [0.1, 0.15) is 111 Å². The smallest absolute Gasteiger partial charge is 0.336 e.